The van der Waals surface area contributed by atoms with Crippen LogP contribution in [0.2, 0.25) is 0 Å². The van der Waals surface area contributed by atoms with E-state index >= 15 is 0 Å². The fraction of sp³-hybridized carbons (Fsp3) is 0.964. The quantitative estimate of drug-likeness (QED) is 0.267. The summed E-state index contributed by atoms with van der Waals surface area (Å²) in [7, 11) is 0. The number of aliphatic carboxylic acids is 1. The molecule has 2 N–H and O–H groups in total. The van der Waals surface area contributed by atoms with Crippen LogP contribution in [0.4, 0.5) is 0 Å². The third-order valence-electron chi connectivity index (χ3n) is 7.24. The van der Waals surface area contributed by atoms with Crippen molar-refractivity contribution in [3.05, 3.63) is 0 Å². The van der Waals surface area contributed by atoms with Crippen LogP contribution in [0.3, 0.4) is 0 Å². The van der Waals surface area contributed by atoms with Gasteiger partial charge in [0.25, 0.3) is 0 Å². The fourth-order valence-electron chi connectivity index (χ4n) is 5.17. The molecule has 3 nitrogen and oxygen atoms in total. The molecule has 0 aromatic rings. The molecule has 0 aliphatic heterocycles. The van der Waals surface area contributed by atoms with E-state index in [1.807, 2.05) is 0 Å². The zero-order valence-electron chi connectivity index (χ0n) is 21.6. The number of rotatable bonds is 16. The maximum Gasteiger partial charge on any atom is 0.0861 e. The van der Waals surface area contributed by atoms with Crippen LogP contribution in [-0.4, -0.2) is 29.1 Å². The smallest absolute Gasteiger partial charge is 0.0861 e. The van der Waals surface area contributed by atoms with Gasteiger partial charge in [-0.2, -0.15) is 11.8 Å². The van der Waals surface area contributed by atoms with Gasteiger partial charge in [-0.15, -0.1) is 0 Å². The second-order valence-electron chi connectivity index (χ2n) is 10.3. The van der Waals surface area contributed by atoms with Crippen LogP contribution in [0.1, 0.15) is 149 Å². The number of carbonyl (C=O) groups is 1. The second kappa shape index (κ2) is 21.3. The summed E-state index contributed by atoms with van der Waals surface area (Å²) in [5.74, 6) is 0.100. The summed E-state index contributed by atoms with van der Waals surface area (Å²) in [6.07, 6.45) is 27.9. The van der Waals surface area contributed by atoms with E-state index in [1.165, 1.54) is 116 Å². The zero-order valence-corrected chi connectivity index (χ0v) is 22.4. The SMILES string of the molecule is C1CCC([NH2+]C2CCCCC2)CC1.CCCCCCCC[C@H](SCCCCCC)C(=O)[O-]. The van der Waals surface area contributed by atoms with Crippen molar-refractivity contribution in [3.63, 3.8) is 0 Å². The Balaban J connectivity index is 0.000000339. The topological polar surface area (TPSA) is 56.7 Å². The van der Waals surface area contributed by atoms with Gasteiger partial charge >= 0.3 is 0 Å². The molecule has 0 radical (unpaired) electrons. The lowest BCUT2D eigenvalue weighted by atomic mass is 9.91. The van der Waals surface area contributed by atoms with Gasteiger partial charge in [-0.3, -0.25) is 0 Å². The van der Waals surface area contributed by atoms with Gasteiger partial charge in [0.2, 0.25) is 0 Å². The van der Waals surface area contributed by atoms with Crippen LogP contribution in [0, 0.1) is 0 Å². The standard InChI is InChI=1S/C16H32O2S.C12H23N/c1-3-5-7-9-10-11-13-15(16(17)18)19-14-12-8-6-4-2;1-3-7-11(8-4-1)13-12-9-5-2-6-10-12/h15H,3-14H2,1-2H3,(H,17,18);11-13H,1-10H2/t15-;/m0./s1. The largest absolute Gasteiger partial charge is 0.549 e. The molecule has 0 amide bonds. The van der Waals surface area contributed by atoms with Gasteiger partial charge in [0, 0.05) is 5.25 Å². The Morgan fingerprint density at radius 2 is 1.22 bits per heavy atom. The Hall–Kier alpha value is -0.220. The number of hydrogen-bond acceptors (Lipinski definition) is 3. The molecule has 2 saturated carbocycles. The van der Waals surface area contributed by atoms with Crippen LogP contribution < -0.4 is 10.4 Å². The van der Waals surface area contributed by atoms with Crippen molar-refractivity contribution in [3.8, 4) is 0 Å². The van der Waals surface area contributed by atoms with Crippen molar-refractivity contribution in [2.75, 3.05) is 5.75 Å². The maximum atomic E-state index is 11.1. The summed E-state index contributed by atoms with van der Waals surface area (Å²) in [5, 5.41) is 13.5. The number of carboxylic acids is 1. The number of unbranched alkanes of at least 4 members (excludes halogenated alkanes) is 8. The number of hydrogen-bond donors (Lipinski definition) is 1. The molecule has 2 rings (SSSR count). The van der Waals surface area contributed by atoms with E-state index in [2.05, 4.69) is 19.2 Å². The molecule has 1 atom stereocenters. The molecule has 4 heteroatoms. The summed E-state index contributed by atoms with van der Waals surface area (Å²) in [6, 6.07) is 1.99. The van der Waals surface area contributed by atoms with E-state index in [-0.39, 0.29) is 5.25 Å². The molecule has 0 bridgehead atoms. The lowest BCUT2D eigenvalue weighted by molar-refractivity contribution is -0.725. The number of nitrogens with two attached hydrogens (primary N) is 1. The van der Waals surface area contributed by atoms with Gasteiger partial charge in [0.05, 0.1) is 18.1 Å². The Morgan fingerprint density at radius 1 is 0.750 bits per heavy atom. The Morgan fingerprint density at radius 3 is 1.72 bits per heavy atom. The first-order valence-electron chi connectivity index (χ1n) is 14.3. The third kappa shape index (κ3) is 16.4. The first-order chi connectivity index (χ1) is 15.7. The van der Waals surface area contributed by atoms with Gasteiger partial charge in [0.1, 0.15) is 0 Å². The van der Waals surface area contributed by atoms with Crippen LogP contribution >= 0.6 is 11.8 Å². The lowest BCUT2D eigenvalue weighted by Crippen LogP contribution is -2.95. The highest BCUT2D eigenvalue weighted by atomic mass is 32.2. The summed E-state index contributed by atoms with van der Waals surface area (Å²) < 4.78 is 0. The first kappa shape index (κ1) is 29.8. The minimum atomic E-state index is -0.867. The van der Waals surface area contributed by atoms with E-state index in [9.17, 15) is 9.90 Å². The molecular formula is C28H55NO2S. The molecule has 0 heterocycles. The summed E-state index contributed by atoms with van der Waals surface area (Å²) in [6.45, 7) is 4.40. The van der Waals surface area contributed by atoms with Crippen molar-refractivity contribution in [1.82, 2.24) is 0 Å². The van der Waals surface area contributed by atoms with Gasteiger partial charge in [-0.25, -0.2) is 0 Å². The maximum absolute atomic E-state index is 11.1. The lowest BCUT2D eigenvalue weighted by Gasteiger charge is -2.27. The number of carbonyl (C=O) groups excluding carboxylic acids is 1. The van der Waals surface area contributed by atoms with Gasteiger partial charge in [-0.1, -0.05) is 84.5 Å². The van der Waals surface area contributed by atoms with Crippen molar-refractivity contribution in [2.45, 2.75) is 166 Å². The second-order valence-corrected chi connectivity index (χ2v) is 11.6. The Kier molecular flexibility index (Phi) is 19.9. The molecule has 0 aromatic carbocycles. The predicted molar refractivity (Wildman–Crippen MR) is 139 cm³/mol. The van der Waals surface area contributed by atoms with Crippen LogP contribution in [0.5, 0.6) is 0 Å². The number of carboxylic acid groups (broad SMARTS) is 1. The zero-order chi connectivity index (χ0) is 23.3. The van der Waals surface area contributed by atoms with Gasteiger partial charge in [-0.05, 0) is 70.0 Å². The Labute approximate surface area is 204 Å². The molecule has 0 saturated heterocycles. The summed E-state index contributed by atoms with van der Waals surface area (Å²) in [4.78, 5) is 11.1. The molecule has 0 unspecified atom stereocenters. The summed E-state index contributed by atoms with van der Waals surface area (Å²) in [5.41, 5.74) is 0. The molecule has 2 aliphatic rings. The van der Waals surface area contributed by atoms with E-state index in [0.29, 0.717) is 0 Å². The first-order valence-corrected chi connectivity index (χ1v) is 15.4. The van der Waals surface area contributed by atoms with Gasteiger partial charge in [0.15, 0.2) is 0 Å². The van der Waals surface area contributed by atoms with Crippen molar-refractivity contribution >= 4 is 17.7 Å². The normalized spacial score (nSPS) is 18.7. The fourth-order valence-corrected chi connectivity index (χ4v) is 6.30. The van der Waals surface area contributed by atoms with E-state index in [0.717, 1.165) is 37.1 Å². The highest BCUT2D eigenvalue weighted by Gasteiger charge is 2.22. The van der Waals surface area contributed by atoms with Crippen molar-refractivity contribution < 1.29 is 15.2 Å². The summed E-state index contributed by atoms with van der Waals surface area (Å²) >= 11 is 1.59. The molecule has 0 spiro atoms. The van der Waals surface area contributed by atoms with E-state index < -0.39 is 5.97 Å². The van der Waals surface area contributed by atoms with Crippen LogP contribution in [0.25, 0.3) is 0 Å². The molecule has 2 aliphatic carbocycles. The van der Waals surface area contributed by atoms with Crippen LogP contribution in [-0.2, 0) is 4.79 Å². The minimum Gasteiger partial charge on any atom is -0.549 e. The third-order valence-corrected chi connectivity index (χ3v) is 8.60. The predicted octanol–water partition coefficient (Wildman–Crippen LogP) is 6.38. The molecule has 190 valence electrons. The average molecular weight is 470 g/mol. The molecular weight excluding hydrogens is 414 g/mol. The highest BCUT2D eigenvalue weighted by molar-refractivity contribution is 8.00. The molecule has 0 aromatic heterocycles. The van der Waals surface area contributed by atoms with Crippen molar-refractivity contribution in [2.24, 2.45) is 0 Å². The van der Waals surface area contributed by atoms with Crippen molar-refractivity contribution in [1.29, 1.82) is 0 Å². The Bertz CT molecular complexity index is 404. The molecule has 2 fully saturated rings. The monoisotopic (exact) mass is 469 g/mol. The number of thioether (sulfide) groups is 1. The minimum absolute atomic E-state index is 0.284. The number of quaternary nitrogens is 1. The molecule has 32 heavy (non-hydrogen) atoms. The highest BCUT2D eigenvalue weighted by Crippen LogP contribution is 2.20. The van der Waals surface area contributed by atoms with E-state index in [4.69, 9.17) is 0 Å². The van der Waals surface area contributed by atoms with Gasteiger partial charge < -0.3 is 15.2 Å². The average Bonchev–Trinajstić information content (AvgIpc) is 2.81. The van der Waals surface area contributed by atoms with E-state index in [1.54, 1.807) is 11.8 Å². The van der Waals surface area contributed by atoms with Crippen LogP contribution in [0.15, 0.2) is 0 Å².